The molecule has 0 amide bonds. The third-order valence-electron chi connectivity index (χ3n) is 4.63. The zero-order valence-corrected chi connectivity index (χ0v) is 15.3. The highest BCUT2D eigenvalue weighted by Crippen LogP contribution is 2.21. The lowest BCUT2D eigenvalue weighted by Gasteiger charge is -2.10. The van der Waals surface area contributed by atoms with Crippen LogP contribution in [0, 0.1) is 0 Å². The third kappa shape index (κ3) is 3.72. The Balaban J connectivity index is 1.61. The fourth-order valence-corrected chi connectivity index (χ4v) is 3.67. The molecule has 25 heavy (non-hydrogen) atoms. The van der Waals surface area contributed by atoms with Gasteiger partial charge in [0.1, 0.15) is 5.82 Å². The van der Waals surface area contributed by atoms with Crippen molar-refractivity contribution in [2.45, 2.75) is 38.2 Å². The minimum Gasteiger partial charge on any atom is -0.378 e. The molecule has 3 aromatic rings. The predicted octanol–water partition coefficient (Wildman–Crippen LogP) is 3.16. The molecular weight excluding hydrogens is 334 g/mol. The number of ether oxygens (including phenoxy) is 1. The maximum atomic E-state index is 5.77. The van der Waals surface area contributed by atoms with Crippen LogP contribution in [0.25, 0.3) is 16.6 Å². The van der Waals surface area contributed by atoms with Crippen LogP contribution in [0.5, 0.6) is 0 Å². The summed E-state index contributed by atoms with van der Waals surface area (Å²) in [6.45, 7) is 0.896. The first kappa shape index (κ1) is 16.6. The fourth-order valence-electron chi connectivity index (χ4n) is 3.28. The highest BCUT2D eigenvalue weighted by Gasteiger charge is 2.18. The molecule has 3 heterocycles. The van der Waals surface area contributed by atoms with E-state index in [1.165, 1.54) is 6.42 Å². The number of rotatable bonds is 7. The number of nitrogens with zero attached hydrogens (tertiary/aromatic N) is 4. The number of nitrogens with one attached hydrogen (secondary N) is 1. The number of fused-ring (bicyclic) bond motifs is 1. The number of thioether (sulfide) groups is 1. The molecule has 132 valence electrons. The molecule has 6 nitrogen and oxygen atoms in total. The van der Waals surface area contributed by atoms with Crippen molar-refractivity contribution in [2.75, 3.05) is 18.6 Å². The lowest BCUT2D eigenvalue weighted by molar-refractivity contribution is 0.104. The van der Waals surface area contributed by atoms with Gasteiger partial charge in [-0.05, 0) is 43.7 Å². The summed E-state index contributed by atoms with van der Waals surface area (Å²) in [5, 5.41) is 13.0. The van der Waals surface area contributed by atoms with Gasteiger partial charge in [0.05, 0.1) is 23.5 Å². The second kappa shape index (κ2) is 7.58. The third-order valence-corrected chi connectivity index (χ3v) is 5.24. The molecule has 0 unspecified atom stereocenters. The first-order chi connectivity index (χ1) is 12.3. The van der Waals surface area contributed by atoms with Crippen LogP contribution in [0.4, 0.5) is 0 Å². The van der Waals surface area contributed by atoms with Crippen LogP contribution in [0.2, 0.25) is 0 Å². The van der Waals surface area contributed by atoms with Crippen molar-refractivity contribution in [3.63, 3.8) is 0 Å². The van der Waals surface area contributed by atoms with Gasteiger partial charge in [-0.3, -0.25) is 5.10 Å². The molecule has 0 bridgehead atoms. The second-order valence-electron chi connectivity index (χ2n) is 6.41. The summed E-state index contributed by atoms with van der Waals surface area (Å²) >= 11 is 1.82. The maximum absolute atomic E-state index is 5.77. The van der Waals surface area contributed by atoms with Crippen molar-refractivity contribution >= 4 is 22.7 Å². The van der Waals surface area contributed by atoms with E-state index in [2.05, 4.69) is 28.6 Å². The predicted molar refractivity (Wildman–Crippen MR) is 100 cm³/mol. The van der Waals surface area contributed by atoms with E-state index in [1.54, 1.807) is 0 Å². The Bertz CT molecular complexity index is 837. The van der Waals surface area contributed by atoms with Gasteiger partial charge < -0.3 is 4.74 Å². The Labute approximate surface area is 151 Å². The summed E-state index contributed by atoms with van der Waals surface area (Å²) in [6, 6.07) is 6.23. The summed E-state index contributed by atoms with van der Waals surface area (Å²) < 4.78 is 7.76. The van der Waals surface area contributed by atoms with Crippen molar-refractivity contribution < 1.29 is 4.74 Å². The molecule has 7 heteroatoms. The quantitative estimate of drug-likeness (QED) is 0.703. The molecule has 0 saturated carbocycles. The molecule has 0 aliphatic carbocycles. The van der Waals surface area contributed by atoms with Gasteiger partial charge in [-0.15, -0.1) is 0 Å². The zero-order chi connectivity index (χ0) is 17.1. The van der Waals surface area contributed by atoms with Gasteiger partial charge in [0.2, 0.25) is 0 Å². The van der Waals surface area contributed by atoms with Crippen molar-refractivity contribution in [3.05, 3.63) is 36.0 Å². The summed E-state index contributed by atoms with van der Waals surface area (Å²) in [5.74, 6) is 2.98. The van der Waals surface area contributed by atoms with E-state index in [9.17, 15) is 0 Å². The van der Waals surface area contributed by atoms with Crippen molar-refractivity contribution in [2.24, 2.45) is 0 Å². The Morgan fingerprint density at radius 2 is 2.32 bits per heavy atom. The number of hydrogen-bond donors (Lipinski definition) is 1. The Morgan fingerprint density at radius 3 is 3.16 bits per heavy atom. The highest BCUT2D eigenvalue weighted by molar-refractivity contribution is 7.98. The van der Waals surface area contributed by atoms with Crippen LogP contribution < -0.4 is 0 Å². The number of aromatic nitrogens is 5. The number of benzene rings is 1. The van der Waals surface area contributed by atoms with Gasteiger partial charge in [-0.2, -0.15) is 22.0 Å². The number of H-pyrrole nitrogens is 1. The average molecular weight is 357 g/mol. The monoisotopic (exact) mass is 357 g/mol. The molecule has 1 fully saturated rings. The molecule has 1 atom stereocenters. The zero-order valence-electron chi connectivity index (χ0n) is 14.4. The Morgan fingerprint density at radius 1 is 1.36 bits per heavy atom. The van der Waals surface area contributed by atoms with Crippen LogP contribution in [0.3, 0.4) is 0 Å². The fraction of sp³-hybridized carbons (Fsp3) is 0.500. The van der Waals surface area contributed by atoms with E-state index < -0.39 is 0 Å². The molecule has 0 spiro atoms. The lowest BCUT2D eigenvalue weighted by Crippen LogP contribution is -2.10. The summed E-state index contributed by atoms with van der Waals surface area (Å²) in [6.07, 6.45) is 9.46. The summed E-state index contributed by atoms with van der Waals surface area (Å²) in [7, 11) is 0. The van der Waals surface area contributed by atoms with Crippen LogP contribution in [0.1, 0.15) is 30.9 Å². The summed E-state index contributed by atoms with van der Waals surface area (Å²) in [5.41, 5.74) is 2.08. The average Bonchev–Trinajstić information content (AvgIpc) is 3.37. The molecule has 1 aromatic carbocycles. The highest BCUT2D eigenvalue weighted by atomic mass is 32.2. The minimum absolute atomic E-state index is 0.371. The van der Waals surface area contributed by atoms with Crippen LogP contribution in [-0.2, 0) is 17.6 Å². The lowest BCUT2D eigenvalue weighted by atomic mass is 10.1. The van der Waals surface area contributed by atoms with Crippen LogP contribution >= 0.6 is 11.8 Å². The smallest absolute Gasteiger partial charge is 0.152 e. The van der Waals surface area contributed by atoms with Crippen LogP contribution in [0.15, 0.2) is 24.4 Å². The van der Waals surface area contributed by atoms with Gasteiger partial charge >= 0.3 is 0 Å². The molecule has 1 aliphatic heterocycles. The van der Waals surface area contributed by atoms with Crippen LogP contribution in [-0.4, -0.2) is 49.7 Å². The summed E-state index contributed by atoms with van der Waals surface area (Å²) in [4.78, 5) is 4.81. The second-order valence-corrected chi connectivity index (χ2v) is 7.40. The maximum Gasteiger partial charge on any atom is 0.152 e. The largest absolute Gasteiger partial charge is 0.378 e. The van der Waals surface area contributed by atoms with Gasteiger partial charge in [0.25, 0.3) is 0 Å². The first-order valence-electron chi connectivity index (χ1n) is 8.82. The Hall–Kier alpha value is -1.86. The van der Waals surface area contributed by atoms with E-state index in [0.29, 0.717) is 6.10 Å². The first-order valence-corrected chi connectivity index (χ1v) is 10.2. The van der Waals surface area contributed by atoms with Crippen molar-refractivity contribution in [3.8, 4) is 5.69 Å². The standard InChI is InChI=1S/C18H23N5OS/c1-25-10-8-17-20-18(7-5-15-3-2-9-24-15)23(22-17)14-4-6-16-13(11-14)12-19-21-16/h4,6,11-12,15H,2-3,5,7-10H2,1H3,(H,19,21)/t15-/m1/s1. The molecule has 1 aliphatic rings. The van der Waals surface area contributed by atoms with Crippen molar-refractivity contribution in [1.82, 2.24) is 25.0 Å². The van der Waals surface area contributed by atoms with Gasteiger partial charge in [0.15, 0.2) is 5.82 Å². The molecule has 0 radical (unpaired) electrons. The van der Waals surface area contributed by atoms with E-state index in [4.69, 9.17) is 14.8 Å². The number of aryl methyl sites for hydroxylation is 2. The van der Waals surface area contributed by atoms with E-state index >= 15 is 0 Å². The number of hydrogen-bond acceptors (Lipinski definition) is 5. The topological polar surface area (TPSA) is 68.6 Å². The van der Waals surface area contributed by atoms with E-state index in [-0.39, 0.29) is 0 Å². The Kier molecular flexibility index (Phi) is 5.03. The van der Waals surface area contributed by atoms with Gasteiger partial charge in [-0.25, -0.2) is 9.67 Å². The minimum atomic E-state index is 0.371. The van der Waals surface area contributed by atoms with E-state index in [1.807, 2.05) is 28.7 Å². The molecule has 1 N–H and O–H groups in total. The number of aromatic amines is 1. The molecular formula is C18H23N5OS. The molecule has 1 saturated heterocycles. The van der Waals surface area contributed by atoms with Gasteiger partial charge in [-0.1, -0.05) is 0 Å². The molecule has 4 rings (SSSR count). The van der Waals surface area contributed by atoms with Gasteiger partial charge in [0, 0.05) is 30.6 Å². The SMILES string of the molecule is CSCCc1nc(CC[C@H]2CCCO2)n(-c2ccc3[nH]ncc3c2)n1. The van der Waals surface area contributed by atoms with E-state index in [0.717, 1.165) is 66.3 Å². The normalized spacial score (nSPS) is 17.6. The molecule has 2 aromatic heterocycles. The van der Waals surface area contributed by atoms with Crippen molar-refractivity contribution in [1.29, 1.82) is 0 Å².